The van der Waals surface area contributed by atoms with Gasteiger partial charge in [0.2, 0.25) is 5.95 Å². The number of anilines is 1. The molecule has 0 radical (unpaired) electrons. The summed E-state index contributed by atoms with van der Waals surface area (Å²) in [5, 5.41) is 0. The van der Waals surface area contributed by atoms with Gasteiger partial charge in [-0.15, -0.1) is 0 Å². The molecule has 0 saturated carbocycles. The maximum absolute atomic E-state index is 5.65. The minimum absolute atomic E-state index is 0.462. The Bertz CT molecular complexity index is 318. The van der Waals surface area contributed by atoms with Crippen molar-refractivity contribution >= 4 is 5.95 Å². The molecule has 4 heteroatoms. The van der Waals surface area contributed by atoms with E-state index in [-0.39, 0.29) is 0 Å². The normalized spacial score (nSPS) is 12.6. The van der Waals surface area contributed by atoms with Crippen molar-refractivity contribution in [2.75, 3.05) is 24.5 Å². The second-order valence-corrected chi connectivity index (χ2v) is 4.33. The Hall–Kier alpha value is -1.16. The maximum atomic E-state index is 5.65. The third-order valence-electron chi connectivity index (χ3n) is 2.57. The summed E-state index contributed by atoms with van der Waals surface area (Å²) in [5.74, 6) is 1.28. The van der Waals surface area contributed by atoms with E-state index in [2.05, 4.69) is 28.7 Å². The van der Waals surface area contributed by atoms with E-state index in [0.29, 0.717) is 12.5 Å². The van der Waals surface area contributed by atoms with Crippen LogP contribution >= 0.6 is 0 Å². The lowest BCUT2D eigenvalue weighted by Crippen LogP contribution is -2.33. The molecule has 0 aromatic carbocycles. The second-order valence-electron chi connectivity index (χ2n) is 4.33. The lowest BCUT2D eigenvalue weighted by molar-refractivity contribution is 0.568. The van der Waals surface area contributed by atoms with E-state index in [4.69, 9.17) is 5.73 Å². The second kappa shape index (κ2) is 5.80. The lowest BCUT2D eigenvalue weighted by Gasteiger charge is -2.24. The monoisotopic (exact) mass is 222 g/mol. The maximum Gasteiger partial charge on any atom is 0.225 e. The van der Waals surface area contributed by atoms with Crippen LogP contribution in [0.15, 0.2) is 6.07 Å². The number of aryl methyl sites for hydroxylation is 2. The van der Waals surface area contributed by atoms with Crippen molar-refractivity contribution < 1.29 is 0 Å². The van der Waals surface area contributed by atoms with Gasteiger partial charge in [0.25, 0.3) is 0 Å². The van der Waals surface area contributed by atoms with Crippen LogP contribution in [0, 0.1) is 19.8 Å². The van der Waals surface area contributed by atoms with Crippen LogP contribution in [-0.4, -0.2) is 29.6 Å². The summed E-state index contributed by atoms with van der Waals surface area (Å²) in [5.41, 5.74) is 7.68. The van der Waals surface area contributed by atoms with Crippen LogP contribution in [0.2, 0.25) is 0 Å². The molecule has 1 heterocycles. The van der Waals surface area contributed by atoms with Crippen LogP contribution in [0.25, 0.3) is 0 Å². The zero-order chi connectivity index (χ0) is 12.1. The van der Waals surface area contributed by atoms with Gasteiger partial charge in [0, 0.05) is 24.5 Å². The van der Waals surface area contributed by atoms with Gasteiger partial charge in [0.1, 0.15) is 0 Å². The highest BCUT2D eigenvalue weighted by Crippen LogP contribution is 2.11. The van der Waals surface area contributed by atoms with Crippen LogP contribution in [0.3, 0.4) is 0 Å². The van der Waals surface area contributed by atoms with Gasteiger partial charge >= 0.3 is 0 Å². The molecule has 1 atom stereocenters. The van der Waals surface area contributed by atoms with Crippen molar-refractivity contribution in [1.82, 2.24) is 9.97 Å². The van der Waals surface area contributed by atoms with E-state index < -0.39 is 0 Å². The zero-order valence-corrected chi connectivity index (χ0v) is 10.7. The molecule has 1 rings (SSSR count). The molecule has 4 nitrogen and oxygen atoms in total. The molecule has 16 heavy (non-hydrogen) atoms. The van der Waals surface area contributed by atoms with Crippen molar-refractivity contribution in [3.05, 3.63) is 17.5 Å². The standard InChI is InChI=1S/C12H22N4/c1-5-16(8-9(2)7-13)12-14-10(3)6-11(4)15-12/h6,9H,5,7-8,13H2,1-4H3. The Balaban J connectivity index is 2.86. The average Bonchev–Trinajstić information content (AvgIpc) is 2.24. The quantitative estimate of drug-likeness (QED) is 0.820. The van der Waals surface area contributed by atoms with Gasteiger partial charge in [-0.1, -0.05) is 6.92 Å². The molecule has 0 aliphatic rings. The fraction of sp³-hybridized carbons (Fsp3) is 0.667. The summed E-state index contributed by atoms with van der Waals surface area (Å²) in [6.07, 6.45) is 0. The molecule has 2 N–H and O–H groups in total. The van der Waals surface area contributed by atoms with Gasteiger partial charge in [-0.2, -0.15) is 0 Å². The molecule has 90 valence electrons. The molecule has 1 unspecified atom stereocenters. The Morgan fingerprint density at radius 3 is 2.31 bits per heavy atom. The first kappa shape index (κ1) is 12.9. The number of aromatic nitrogens is 2. The summed E-state index contributed by atoms with van der Waals surface area (Å²) in [7, 11) is 0. The summed E-state index contributed by atoms with van der Waals surface area (Å²) in [6, 6.07) is 1.99. The van der Waals surface area contributed by atoms with Crippen molar-refractivity contribution in [1.29, 1.82) is 0 Å². The summed E-state index contributed by atoms with van der Waals surface area (Å²) in [4.78, 5) is 11.1. The number of nitrogens with zero attached hydrogens (tertiary/aromatic N) is 3. The molecule has 0 aliphatic carbocycles. The third-order valence-corrected chi connectivity index (χ3v) is 2.57. The van der Waals surface area contributed by atoms with E-state index in [1.165, 1.54) is 0 Å². The molecule has 0 fully saturated rings. The fourth-order valence-corrected chi connectivity index (χ4v) is 1.65. The molecular weight excluding hydrogens is 200 g/mol. The smallest absolute Gasteiger partial charge is 0.225 e. The highest BCUT2D eigenvalue weighted by Gasteiger charge is 2.11. The van der Waals surface area contributed by atoms with Gasteiger partial charge in [0.15, 0.2) is 0 Å². The van der Waals surface area contributed by atoms with Gasteiger partial charge < -0.3 is 10.6 Å². The number of hydrogen-bond acceptors (Lipinski definition) is 4. The number of rotatable bonds is 5. The number of nitrogens with two attached hydrogens (primary N) is 1. The molecule has 0 saturated heterocycles. The first-order chi connectivity index (χ1) is 7.56. The van der Waals surface area contributed by atoms with E-state index in [9.17, 15) is 0 Å². The molecule has 1 aromatic heterocycles. The number of hydrogen-bond donors (Lipinski definition) is 1. The van der Waals surface area contributed by atoms with E-state index in [0.717, 1.165) is 30.4 Å². The summed E-state index contributed by atoms with van der Waals surface area (Å²) in [6.45, 7) is 10.8. The first-order valence-electron chi connectivity index (χ1n) is 5.84. The van der Waals surface area contributed by atoms with Gasteiger partial charge in [-0.05, 0) is 39.3 Å². The first-order valence-corrected chi connectivity index (χ1v) is 5.84. The fourth-order valence-electron chi connectivity index (χ4n) is 1.65. The highest BCUT2D eigenvalue weighted by molar-refractivity contribution is 5.31. The minimum Gasteiger partial charge on any atom is -0.341 e. The SMILES string of the molecule is CCN(CC(C)CN)c1nc(C)cc(C)n1. The largest absolute Gasteiger partial charge is 0.341 e. The predicted octanol–water partition coefficient (Wildman–Crippen LogP) is 1.51. The highest BCUT2D eigenvalue weighted by atomic mass is 15.2. The topological polar surface area (TPSA) is 55.0 Å². The van der Waals surface area contributed by atoms with E-state index in [1.807, 2.05) is 19.9 Å². The zero-order valence-electron chi connectivity index (χ0n) is 10.7. The summed E-state index contributed by atoms with van der Waals surface area (Å²) < 4.78 is 0. The third kappa shape index (κ3) is 3.45. The van der Waals surface area contributed by atoms with Gasteiger partial charge in [-0.25, -0.2) is 9.97 Å². The van der Waals surface area contributed by atoms with Crippen LogP contribution in [0.5, 0.6) is 0 Å². The van der Waals surface area contributed by atoms with Gasteiger partial charge in [0.05, 0.1) is 0 Å². The Kier molecular flexibility index (Phi) is 4.68. The van der Waals surface area contributed by atoms with Crippen LogP contribution in [-0.2, 0) is 0 Å². The Labute approximate surface area is 97.9 Å². The van der Waals surface area contributed by atoms with Crippen molar-refractivity contribution in [2.24, 2.45) is 11.7 Å². The molecule has 0 spiro atoms. The molecule has 0 amide bonds. The molecule has 0 aliphatic heterocycles. The Morgan fingerprint density at radius 1 is 1.31 bits per heavy atom. The van der Waals surface area contributed by atoms with Crippen molar-refractivity contribution in [2.45, 2.75) is 27.7 Å². The van der Waals surface area contributed by atoms with Crippen LogP contribution < -0.4 is 10.6 Å². The van der Waals surface area contributed by atoms with E-state index >= 15 is 0 Å². The minimum atomic E-state index is 0.462. The van der Waals surface area contributed by atoms with Crippen LogP contribution in [0.4, 0.5) is 5.95 Å². The Morgan fingerprint density at radius 2 is 1.88 bits per heavy atom. The molecule has 1 aromatic rings. The average molecular weight is 222 g/mol. The molecular formula is C12H22N4. The molecule has 0 bridgehead atoms. The van der Waals surface area contributed by atoms with Gasteiger partial charge in [-0.3, -0.25) is 0 Å². The van der Waals surface area contributed by atoms with E-state index in [1.54, 1.807) is 0 Å². The van der Waals surface area contributed by atoms with Crippen molar-refractivity contribution in [3.8, 4) is 0 Å². The van der Waals surface area contributed by atoms with Crippen molar-refractivity contribution in [3.63, 3.8) is 0 Å². The summed E-state index contributed by atoms with van der Waals surface area (Å²) >= 11 is 0. The van der Waals surface area contributed by atoms with Crippen LogP contribution in [0.1, 0.15) is 25.2 Å². The lowest BCUT2D eigenvalue weighted by atomic mass is 10.2. The predicted molar refractivity (Wildman–Crippen MR) is 67.6 cm³/mol.